The van der Waals surface area contributed by atoms with E-state index in [1.165, 1.54) is 18.5 Å². The van der Waals surface area contributed by atoms with Crippen molar-refractivity contribution >= 4 is 5.69 Å². The summed E-state index contributed by atoms with van der Waals surface area (Å²) in [5, 5.41) is 3.51. The topological polar surface area (TPSA) is 33.7 Å². The van der Waals surface area contributed by atoms with Crippen LogP contribution in [0.3, 0.4) is 0 Å². The minimum Gasteiger partial charge on any atom is -0.493 e. The van der Waals surface area contributed by atoms with E-state index in [0.717, 1.165) is 37.1 Å². The summed E-state index contributed by atoms with van der Waals surface area (Å²) in [5.74, 6) is 2.37. The molecule has 118 valence electrons. The number of nitrogens with one attached hydrogen (secondary N) is 1. The lowest BCUT2D eigenvalue weighted by Crippen LogP contribution is -2.29. The number of anilines is 1. The van der Waals surface area contributed by atoms with Crippen LogP contribution in [0, 0.1) is 5.92 Å². The molecule has 0 bridgehead atoms. The van der Waals surface area contributed by atoms with Crippen molar-refractivity contribution in [3.8, 4) is 11.5 Å². The average molecular weight is 292 g/mol. The first-order valence-corrected chi connectivity index (χ1v) is 7.88. The van der Waals surface area contributed by atoms with Gasteiger partial charge in [-0.1, -0.05) is 6.92 Å². The molecule has 4 heteroatoms. The Labute approximate surface area is 128 Å². The molecule has 1 saturated heterocycles. The molecule has 1 aromatic carbocycles. The van der Waals surface area contributed by atoms with Crippen LogP contribution in [0.4, 0.5) is 5.69 Å². The molecule has 1 heterocycles. The SMILES string of the molecule is CCNC(C)CC1CCN(c2ccc(OC)c(OC)c2)C1. The van der Waals surface area contributed by atoms with Gasteiger partial charge < -0.3 is 19.7 Å². The normalized spacial score (nSPS) is 19.6. The van der Waals surface area contributed by atoms with Crippen LogP contribution in [0.2, 0.25) is 0 Å². The Hall–Kier alpha value is -1.42. The zero-order chi connectivity index (χ0) is 15.2. The van der Waals surface area contributed by atoms with Crippen LogP contribution in [-0.2, 0) is 0 Å². The van der Waals surface area contributed by atoms with Gasteiger partial charge >= 0.3 is 0 Å². The fourth-order valence-electron chi connectivity index (χ4n) is 3.21. The number of rotatable bonds is 7. The fourth-order valence-corrected chi connectivity index (χ4v) is 3.21. The third kappa shape index (κ3) is 4.03. The molecular weight excluding hydrogens is 264 g/mol. The van der Waals surface area contributed by atoms with Gasteiger partial charge in [-0.15, -0.1) is 0 Å². The average Bonchev–Trinajstić information content (AvgIpc) is 2.95. The van der Waals surface area contributed by atoms with Gasteiger partial charge in [-0.2, -0.15) is 0 Å². The van der Waals surface area contributed by atoms with E-state index in [1.54, 1.807) is 14.2 Å². The molecule has 0 radical (unpaired) electrons. The second kappa shape index (κ2) is 7.55. The molecule has 0 amide bonds. The molecule has 1 fully saturated rings. The van der Waals surface area contributed by atoms with E-state index in [1.807, 2.05) is 6.07 Å². The molecule has 1 aliphatic rings. The zero-order valence-electron chi connectivity index (χ0n) is 13.7. The molecule has 1 aromatic rings. The van der Waals surface area contributed by atoms with Gasteiger partial charge in [0.25, 0.3) is 0 Å². The lowest BCUT2D eigenvalue weighted by molar-refractivity contribution is 0.355. The number of nitrogens with zero attached hydrogens (tertiary/aromatic N) is 1. The summed E-state index contributed by atoms with van der Waals surface area (Å²) in [6.07, 6.45) is 2.52. The van der Waals surface area contributed by atoms with Crippen molar-refractivity contribution in [1.29, 1.82) is 0 Å². The maximum absolute atomic E-state index is 5.40. The molecule has 2 unspecified atom stereocenters. The van der Waals surface area contributed by atoms with Crippen LogP contribution in [0.1, 0.15) is 26.7 Å². The monoisotopic (exact) mass is 292 g/mol. The summed E-state index contributed by atoms with van der Waals surface area (Å²) in [4.78, 5) is 2.45. The van der Waals surface area contributed by atoms with Crippen molar-refractivity contribution in [2.24, 2.45) is 5.92 Å². The first-order chi connectivity index (χ1) is 10.2. The van der Waals surface area contributed by atoms with Crippen LogP contribution >= 0.6 is 0 Å². The van der Waals surface area contributed by atoms with Crippen LogP contribution < -0.4 is 19.7 Å². The molecule has 1 aliphatic heterocycles. The fraction of sp³-hybridized carbons (Fsp3) is 0.647. The maximum atomic E-state index is 5.40. The van der Waals surface area contributed by atoms with Crippen molar-refractivity contribution in [1.82, 2.24) is 5.32 Å². The summed E-state index contributed by atoms with van der Waals surface area (Å²) in [7, 11) is 3.36. The number of hydrogen-bond donors (Lipinski definition) is 1. The second-order valence-corrected chi connectivity index (χ2v) is 5.83. The van der Waals surface area contributed by atoms with Crippen molar-refractivity contribution in [2.45, 2.75) is 32.7 Å². The van der Waals surface area contributed by atoms with Gasteiger partial charge in [-0.05, 0) is 44.4 Å². The molecule has 0 saturated carbocycles. The van der Waals surface area contributed by atoms with Gasteiger partial charge in [-0.25, -0.2) is 0 Å². The molecule has 1 N–H and O–H groups in total. The minimum atomic E-state index is 0.602. The van der Waals surface area contributed by atoms with Crippen molar-refractivity contribution in [3.05, 3.63) is 18.2 Å². The van der Waals surface area contributed by atoms with Crippen LogP contribution in [0.25, 0.3) is 0 Å². The predicted octanol–water partition coefficient (Wildman–Crippen LogP) is 2.92. The number of benzene rings is 1. The first kappa shape index (κ1) is 16.0. The summed E-state index contributed by atoms with van der Waals surface area (Å²) >= 11 is 0. The number of methoxy groups -OCH3 is 2. The Bertz CT molecular complexity index is 450. The molecule has 2 atom stereocenters. The lowest BCUT2D eigenvalue weighted by atomic mass is 10.0. The first-order valence-electron chi connectivity index (χ1n) is 7.88. The predicted molar refractivity (Wildman–Crippen MR) is 87.6 cm³/mol. The summed E-state index contributed by atoms with van der Waals surface area (Å²) in [5.41, 5.74) is 1.23. The highest BCUT2D eigenvalue weighted by Gasteiger charge is 2.24. The highest BCUT2D eigenvalue weighted by molar-refractivity contribution is 5.56. The summed E-state index contributed by atoms with van der Waals surface area (Å²) in [6, 6.07) is 6.79. The van der Waals surface area contributed by atoms with Crippen molar-refractivity contribution < 1.29 is 9.47 Å². The summed E-state index contributed by atoms with van der Waals surface area (Å²) in [6.45, 7) is 7.75. The Morgan fingerprint density at radius 1 is 1.29 bits per heavy atom. The Kier molecular flexibility index (Phi) is 5.74. The number of hydrogen-bond acceptors (Lipinski definition) is 4. The van der Waals surface area contributed by atoms with E-state index < -0.39 is 0 Å². The molecule has 4 nitrogen and oxygen atoms in total. The van der Waals surface area contributed by atoms with Crippen LogP contribution in [-0.4, -0.2) is 39.9 Å². The van der Waals surface area contributed by atoms with Gasteiger partial charge in [0, 0.05) is 30.9 Å². The van der Waals surface area contributed by atoms with Gasteiger partial charge in [-0.3, -0.25) is 0 Å². The lowest BCUT2D eigenvalue weighted by Gasteiger charge is -2.21. The quantitative estimate of drug-likeness (QED) is 0.838. The van der Waals surface area contributed by atoms with E-state index in [9.17, 15) is 0 Å². The van der Waals surface area contributed by atoms with Crippen LogP contribution in [0.5, 0.6) is 11.5 Å². The molecule has 2 rings (SSSR count). The number of ether oxygens (including phenoxy) is 2. The van der Waals surface area contributed by atoms with Crippen molar-refractivity contribution in [2.75, 3.05) is 38.8 Å². The van der Waals surface area contributed by atoms with E-state index in [2.05, 4.69) is 36.2 Å². The third-order valence-corrected chi connectivity index (χ3v) is 4.26. The molecule has 0 aliphatic carbocycles. The minimum absolute atomic E-state index is 0.602. The standard InChI is InChI=1S/C17H28N2O2/c1-5-18-13(2)10-14-8-9-19(12-14)15-6-7-16(20-3)17(11-15)21-4/h6-7,11,13-14,18H,5,8-10,12H2,1-4H3. The van der Waals surface area contributed by atoms with E-state index in [0.29, 0.717) is 6.04 Å². The van der Waals surface area contributed by atoms with E-state index in [4.69, 9.17) is 9.47 Å². The van der Waals surface area contributed by atoms with Gasteiger partial charge in [0.15, 0.2) is 11.5 Å². The molecule has 0 spiro atoms. The third-order valence-electron chi connectivity index (χ3n) is 4.26. The second-order valence-electron chi connectivity index (χ2n) is 5.83. The molecular formula is C17H28N2O2. The Morgan fingerprint density at radius 2 is 2.05 bits per heavy atom. The van der Waals surface area contributed by atoms with Crippen molar-refractivity contribution in [3.63, 3.8) is 0 Å². The maximum Gasteiger partial charge on any atom is 0.162 e. The van der Waals surface area contributed by atoms with Gasteiger partial charge in [0.05, 0.1) is 14.2 Å². The largest absolute Gasteiger partial charge is 0.493 e. The summed E-state index contributed by atoms with van der Waals surface area (Å²) < 4.78 is 10.7. The van der Waals surface area contributed by atoms with Gasteiger partial charge in [0.1, 0.15) is 0 Å². The highest BCUT2D eigenvalue weighted by atomic mass is 16.5. The van der Waals surface area contributed by atoms with E-state index >= 15 is 0 Å². The van der Waals surface area contributed by atoms with Gasteiger partial charge in [0.2, 0.25) is 0 Å². The van der Waals surface area contributed by atoms with E-state index in [-0.39, 0.29) is 0 Å². The molecule has 0 aromatic heterocycles. The highest BCUT2D eigenvalue weighted by Crippen LogP contribution is 2.34. The zero-order valence-corrected chi connectivity index (χ0v) is 13.7. The Morgan fingerprint density at radius 3 is 2.71 bits per heavy atom. The Balaban J connectivity index is 1.97. The molecule has 21 heavy (non-hydrogen) atoms. The van der Waals surface area contributed by atoms with Crippen LogP contribution in [0.15, 0.2) is 18.2 Å². The smallest absolute Gasteiger partial charge is 0.162 e.